The molecule has 8 aromatic rings. The second-order valence-corrected chi connectivity index (χ2v) is 25.7. The zero-order valence-electron chi connectivity index (χ0n) is 46.0. The number of ether oxygens (including phenoxy) is 2. The fourth-order valence-corrected chi connectivity index (χ4v) is 11.9. The van der Waals surface area contributed by atoms with Crippen molar-refractivity contribution in [1.82, 2.24) is 49.0 Å². The molecule has 1 saturated carbocycles. The van der Waals surface area contributed by atoms with Crippen molar-refractivity contribution >= 4 is 95.2 Å². The molecule has 2 amide bonds. The molecule has 0 radical (unpaired) electrons. The first-order valence-corrected chi connectivity index (χ1v) is 32.1. The van der Waals surface area contributed by atoms with E-state index >= 15 is 0 Å². The van der Waals surface area contributed by atoms with E-state index in [0.717, 1.165) is 79.6 Å². The zero-order chi connectivity index (χ0) is 58.6. The summed E-state index contributed by atoms with van der Waals surface area (Å²) in [5, 5.41) is 10.5. The molecule has 9 heterocycles. The van der Waals surface area contributed by atoms with Crippen LogP contribution in [-0.4, -0.2) is 129 Å². The second-order valence-electron chi connectivity index (χ2n) is 21.0. The van der Waals surface area contributed by atoms with E-state index in [1.54, 1.807) is 49.6 Å². The molecule has 1 aliphatic carbocycles. The highest BCUT2D eigenvalue weighted by molar-refractivity contribution is 7.92. The summed E-state index contributed by atoms with van der Waals surface area (Å²) in [5.74, 6) is 1.64. The number of anilines is 3. The summed E-state index contributed by atoms with van der Waals surface area (Å²) in [7, 11) is -7.16. The Hall–Kier alpha value is -7.31. The summed E-state index contributed by atoms with van der Waals surface area (Å²) in [5.41, 5.74) is 5.32. The standard InChI is InChI=1S/C28H30ClN7O4S.C20H21Cl2N5O3S.C9H11NO/c1-18-15-36-25(31-27(18)34-16-20(17-34)40-26-8-3-5-11-30-26)14-23(32-36)24-7-4-6-12-35(24)28(37)21-13-19(29)9-10-22(21)33-41(2,38)39;1-12-11-27-18(23-19(12)22)10-16(24-27)17-5-3-4-8-26(17)20(28)14-9-13(21)6-7-15(14)25-31(2,29)30;1-2-7-10-9(6-1)11-8-4-3-5-8/h3,5,8-11,13-15,20,24,33H,4,6-7,12,16-17H2,1-2H3;6-7,9-11,17,25H,3-5,8H2,1-2H3;1-2,6-8H,3-5H2/t24-;17-;/m00./s1. The number of sulfonamides is 2. The number of fused-ring (bicyclic) bond motifs is 2. The smallest absolute Gasteiger partial charge is 0.256 e. The van der Waals surface area contributed by atoms with Gasteiger partial charge >= 0.3 is 0 Å². The molecule has 83 heavy (non-hydrogen) atoms. The van der Waals surface area contributed by atoms with Crippen molar-refractivity contribution in [3.05, 3.63) is 159 Å². The minimum atomic E-state index is -3.59. The number of pyridine rings is 2. The average molecular weight is 1230 g/mol. The minimum absolute atomic E-state index is 0.0400. The third kappa shape index (κ3) is 14.6. The highest BCUT2D eigenvalue weighted by atomic mass is 35.5. The number of hydrogen-bond acceptors (Lipinski definition) is 15. The highest BCUT2D eigenvalue weighted by Crippen LogP contribution is 2.37. The molecule has 2 aromatic carbocycles. The van der Waals surface area contributed by atoms with Crippen LogP contribution >= 0.6 is 34.8 Å². The van der Waals surface area contributed by atoms with Gasteiger partial charge in [-0.05, 0) is 120 Å². The summed E-state index contributed by atoms with van der Waals surface area (Å²) < 4.78 is 67.2. The monoisotopic (exact) mass is 1230 g/mol. The van der Waals surface area contributed by atoms with Crippen molar-refractivity contribution in [2.45, 2.75) is 95.9 Å². The fourth-order valence-electron chi connectivity index (χ4n) is 10.3. The van der Waals surface area contributed by atoms with Crippen molar-refractivity contribution in [2.75, 3.05) is 53.0 Å². The Bertz CT molecular complexity index is 3850. The number of hydrogen-bond donors (Lipinski definition) is 2. The van der Waals surface area contributed by atoms with E-state index in [4.69, 9.17) is 54.4 Å². The van der Waals surface area contributed by atoms with Crippen molar-refractivity contribution in [3.63, 3.8) is 0 Å². The van der Waals surface area contributed by atoms with Crippen LogP contribution in [0.1, 0.15) is 113 Å². The lowest BCUT2D eigenvalue weighted by molar-refractivity contribution is 0.0600. The SMILES string of the molecule is Cc1cn2nc([C@@H]3CCCCN3C(=O)c3cc(Cl)ccc3NS(C)(=O)=O)cc2nc1Cl.Cc1cn2nc([C@@H]3CCCCN3C(=O)c3cc(Cl)ccc3NS(C)(=O)=O)cc2nc1N1CC(Oc2ccccn2)C1.c1ccc(OC2CCC2)nc1. The van der Waals surface area contributed by atoms with Crippen LogP contribution in [0.2, 0.25) is 15.2 Å². The number of nitrogens with zero attached hydrogens (tertiary/aromatic N) is 11. The van der Waals surface area contributed by atoms with Crippen LogP contribution in [0.25, 0.3) is 11.3 Å². The van der Waals surface area contributed by atoms with Crippen molar-refractivity contribution in [1.29, 1.82) is 0 Å². The van der Waals surface area contributed by atoms with Gasteiger partial charge in [0.15, 0.2) is 11.3 Å². The van der Waals surface area contributed by atoms with Crippen LogP contribution in [0.3, 0.4) is 0 Å². The van der Waals surface area contributed by atoms with Crippen LogP contribution in [0, 0.1) is 13.8 Å². The van der Waals surface area contributed by atoms with Gasteiger partial charge in [0.05, 0.1) is 71.6 Å². The van der Waals surface area contributed by atoms with Crippen molar-refractivity contribution < 1.29 is 35.9 Å². The van der Waals surface area contributed by atoms with Gasteiger partial charge in [-0.25, -0.2) is 45.8 Å². The number of rotatable bonds is 13. The molecule has 12 rings (SSSR count). The predicted molar refractivity (Wildman–Crippen MR) is 319 cm³/mol. The number of amides is 2. The van der Waals surface area contributed by atoms with Gasteiger partial charge in [0.25, 0.3) is 11.8 Å². The molecule has 21 nitrogen and oxygen atoms in total. The van der Waals surface area contributed by atoms with E-state index in [2.05, 4.69) is 34.4 Å². The maximum absolute atomic E-state index is 13.8. The van der Waals surface area contributed by atoms with E-state index < -0.39 is 20.0 Å². The van der Waals surface area contributed by atoms with Crippen LogP contribution in [0.4, 0.5) is 17.2 Å². The number of halogens is 3. The van der Waals surface area contributed by atoms with Crippen LogP contribution in [-0.2, 0) is 20.0 Å². The quantitative estimate of drug-likeness (QED) is 0.102. The normalized spacial score (nSPS) is 17.6. The number of carbonyl (C=O) groups excluding carboxylic acids is 2. The Morgan fingerprint density at radius 1 is 0.578 bits per heavy atom. The van der Waals surface area contributed by atoms with Gasteiger partial charge in [0.2, 0.25) is 31.8 Å². The van der Waals surface area contributed by atoms with E-state index in [1.807, 2.05) is 68.6 Å². The van der Waals surface area contributed by atoms with Gasteiger partial charge in [-0.2, -0.15) is 10.2 Å². The summed E-state index contributed by atoms with van der Waals surface area (Å²) >= 11 is 18.5. The average Bonchev–Trinajstić information content (AvgIpc) is 4.29. The number of benzene rings is 2. The highest BCUT2D eigenvalue weighted by Gasteiger charge is 2.36. The number of carbonyl (C=O) groups is 2. The Kier molecular flexibility index (Phi) is 17.9. The molecule has 6 aromatic heterocycles. The Morgan fingerprint density at radius 2 is 1.06 bits per heavy atom. The summed E-state index contributed by atoms with van der Waals surface area (Å²) in [6.45, 7) is 6.30. The van der Waals surface area contributed by atoms with Gasteiger partial charge in [0.1, 0.15) is 23.2 Å². The molecule has 2 N–H and O–H groups in total. The molecule has 436 valence electrons. The van der Waals surface area contributed by atoms with E-state index in [1.165, 1.54) is 43.5 Å². The maximum Gasteiger partial charge on any atom is 0.256 e. The molecule has 0 unspecified atom stereocenters. The Balaban J connectivity index is 0.000000160. The van der Waals surface area contributed by atoms with Crippen molar-refractivity contribution in [3.8, 4) is 11.8 Å². The van der Waals surface area contributed by atoms with Crippen LogP contribution in [0.15, 0.2) is 110 Å². The molecule has 2 atom stereocenters. The van der Waals surface area contributed by atoms with Crippen LogP contribution in [0.5, 0.6) is 11.8 Å². The van der Waals surface area contributed by atoms with Gasteiger partial charge in [-0.15, -0.1) is 0 Å². The van der Waals surface area contributed by atoms with Gasteiger partial charge in [0, 0.05) is 83.3 Å². The summed E-state index contributed by atoms with van der Waals surface area (Å²) in [6, 6.07) is 23.6. The first-order chi connectivity index (χ1) is 39.7. The molecule has 3 saturated heterocycles. The fraction of sp³-hybridized carbons (Fsp3) is 0.368. The van der Waals surface area contributed by atoms with Gasteiger partial charge < -0.3 is 24.2 Å². The molecular weight excluding hydrogens is 1170 g/mol. The number of nitrogens with one attached hydrogen (secondary N) is 2. The van der Waals surface area contributed by atoms with E-state index in [0.29, 0.717) is 70.3 Å². The Labute approximate surface area is 496 Å². The summed E-state index contributed by atoms with van der Waals surface area (Å²) in [6.07, 6.45) is 18.5. The maximum atomic E-state index is 13.8. The molecule has 4 fully saturated rings. The largest absolute Gasteiger partial charge is 0.474 e. The predicted octanol–water partition coefficient (Wildman–Crippen LogP) is 10.2. The molecule has 3 aliphatic heterocycles. The molecule has 0 spiro atoms. The number of aromatic nitrogens is 8. The van der Waals surface area contributed by atoms with E-state index in [-0.39, 0.29) is 52.5 Å². The van der Waals surface area contributed by atoms with Gasteiger partial charge in [-0.1, -0.05) is 46.9 Å². The van der Waals surface area contributed by atoms with E-state index in [9.17, 15) is 26.4 Å². The number of aryl methyl sites for hydroxylation is 2. The van der Waals surface area contributed by atoms with Gasteiger partial charge in [-0.3, -0.25) is 19.0 Å². The molecule has 0 bridgehead atoms. The lowest BCUT2D eigenvalue weighted by Crippen LogP contribution is -2.54. The number of likely N-dealkylation sites (tertiary alicyclic amines) is 2. The zero-order valence-corrected chi connectivity index (χ0v) is 49.9. The third-order valence-corrected chi connectivity index (χ3v) is 16.5. The molecular formula is C57H62Cl3N13O8S2. The topological polar surface area (TPSA) is 241 Å². The molecule has 26 heteroatoms. The number of piperidine rings is 2. The summed E-state index contributed by atoms with van der Waals surface area (Å²) in [4.78, 5) is 50.6. The Morgan fingerprint density at radius 3 is 1.52 bits per heavy atom. The minimum Gasteiger partial charge on any atom is -0.474 e. The second kappa shape index (κ2) is 25.3. The van der Waals surface area contributed by atoms with Crippen molar-refractivity contribution in [2.24, 2.45) is 0 Å². The lowest BCUT2D eigenvalue weighted by atomic mass is 9.96. The first kappa shape index (κ1) is 58.9. The lowest BCUT2D eigenvalue weighted by Gasteiger charge is -2.40. The van der Waals surface area contributed by atoms with Crippen LogP contribution < -0.4 is 23.8 Å². The first-order valence-electron chi connectivity index (χ1n) is 27.2. The third-order valence-electron chi connectivity index (χ3n) is 14.5. The molecule has 4 aliphatic rings.